The van der Waals surface area contributed by atoms with Gasteiger partial charge >= 0.3 is 0 Å². The van der Waals surface area contributed by atoms with Gasteiger partial charge in [-0.15, -0.1) is 0 Å². The fraction of sp³-hybridized carbons (Fsp3) is 0.136. The summed E-state index contributed by atoms with van der Waals surface area (Å²) >= 11 is 6.09. The first kappa shape index (κ1) is 17.0. The Bertz CT molecular complexity index is 1220. The molecule has 0 radical (unpaired) electrons. The third-order valence-electron chi connectivity index (χ3n) is 5.01. The summed E-state index contributed by atoms with van der Waals surface area (Å²) in [5.74, 6) is 0.789. The average Bonchev–Trinajstić information content (AvgIpc) is 3.24. The van der Waals surface area contributed by atoms with Crippen molar-refractivity contribution in [3.05, 3.63) is 82.5 Å². The molecule has 2 aromatic heterocycles. The largest absolute Gasteiger partial charge is 0.358 e. The maximum atomic E-state index is 6.09. The molecular weight excluding hydrogens is 372 g/mol. The number of halogens is 1. The van der Waals surface area contributed by atoms with Gasteiger partial charge in [0.15, 0.2) is 5.76 Å². The summed E-state index contributed by atoms with van der Waals surface area (Å²) < 4.78 is 7.36. The van der Waals surface area contributed by atoms with E-state index < -0.39 is 0 Å². The molecule has 0 bridgehead atoms. The van der Waals surface area contributed by atoms with Crippen LogP contribution in [-0.4, -0.2) is 20.6 Å². The van der Waals surface area contributed by atoms with Gasteiger partial charge in [0.2, 0.25) is 0 Å². The lowest BCUT2D eigenvalue weighted by atomic mass is 9.91. The minimum Gasteiger partial charge on any atom is -0.358 e. The molecule has 138 valence electrons. The number of benzene rings is 2. The van der Waals surface area contributed by atoms with E-state index in [2.05, 4.69) is 28.5 Å². The number of fused-ring (bicyclic) bond motifs is 3. The van der Waals surface area contributed by atoms with Crippen molar-refractivity contribution in [1.82, 2.24) is 14.9 Å². The first-order valence-corrected chi connectivity index (χ1v) is 9.37. The van der Waals surface area contributed by atoms with E-state index in [0.717, 1.165) is 50.5 Å². The summed E-state index contributed by atoms with van der Waals surface area (Å²) in [6.07, 6.45) is 3.88. The number of aryl methyl sites for hydroxylation is 2. The Hall–Kier alpha value is -3.18. The standard InChI is InChI=1S/C22H17ClN4O/c1-13-21-18-8-5-15(16-10-25-27(2)12-16)9-19(18)22(24-11-20(21)28-26-13)14-3-6-17(23)7-4-14/h3-10,12H,11H2,1-2H3. The fourth-order valence-electron chi connectivity index (χ4n) is 3.67. The Morgan fingerprint density at radius 3 is 2.54 bits per heavy atom. The highest BCUT2D eigenvalue weighted by Gasteiger charge is 2.24. The van der Waals surface area contributed by atoms with Gasteiger partial charge in [0.1, 0.15) is 6.54 Å². The molecule has 0 fully saturated rings. The van der Waals surface area contributed by atoms with Crippen molar-refractivity contribution in [3.8, 4) is 22.3 Å². The van der Waals surface area contributed by atoms with Gasteiger partial charge in [0, 0.05) is 35.0 Å². The topological polar surface area (TPSA) is 56.2 Å². The van der Waals surface area contributed by atoms with Crippen LogP contribution in [0.25, 0.3) is 22.3 Å². The van der Waals surface area contributed by atoms with Crippen LogP contribution in [0.4, 0.5) is 0 Å². The SMILES string of the molecule is Cc1noc2c1-c1ccc(-c3cnn(C)c3)cc1C(c1ccc(Cl)cc1)=NC2. The Labute approximate surface area is 167 Å². The maximum absolute atomic E-state index is 6.09. The van der Waals surface area contributed by atoms with Gasteiger partial charge in [-0.25, -0.2) is 0 Å². The van der Waals surface area contributed by atoms with Crippen LogP contribution >= 0.6 is 11.6 Å². The molecule has 6 heteroatoms. The van der Waals surface area contributed by atoms with Crippen molar-refractivity contribution in [3.63, 3.8) is 0 Å². The van der Waals surface area contributed by atoms with Gasteiger partial charge in [-0.05, 0) is 36.2 Å². The Morgan fingerprint density at radius 2 is 1.79 bits per heavy atom. The molecule has 0 saturated heterocycles. The lowest BCUT2D eigenvalue weighted by Crippen LogP contribution is -2.05. The molecule has 0 amide bonds. The molecule has 0 spiro atoms. The zero-order chi connectivity index (χ0) is 19.3. The molecular formula is C22H17ClN4O. The van der Waals surface area contributed by atoms with E-state index in [1.54, 1.807) is 4.68 Å². The minimum atomic E-state index is 0.449. The summed E-state index contributed by atoms with van der Waals surface area (Å²) in [5.41, 5.74) is 8.12. The van der Waals surface area contributed by atoms with Crippen LogP contribution in [0, 0.1) is 6.92 Å². The predicted octanol–water partition coefficient (Wildman–Crippen LogP) is 5.05. The normalized spacial score (nSPS) is 12.9. The van der Waals surface area contributed by atoms with Crippen molar-refractivity contribution < 1.29 is 4.52 Å². The first-order valence-electron chi connectivity index (χ1n) is 8.99. The monoisotopic (exact) mass is 388 g/mol. The maximum Gasteiger partial charge on any atom is 0.166 e. The van der Waals surface area contributed by atoms with E-state index in [1.807, 2.05) is 50.6 Å². The number of rotatable bonds is 2. The summed E-state index contributed by atoms with van der Waals surface area (Å²) in [7, 11) is 1.92. The zero-order valence-electron chi connectivity index (χ0n) is 15.5. The molecule has 0 aliphatic carbocycles. The molecule has 3 heterocycles. The highest BCUT2D eigenvalue weighted by Crippen LogP contribution is 2.37. The summed E-state index contributed by atoms with van der Waals surface area (Å²) in [6.45, 7) is 2.42. The summed E-state index contributed by atoms with van der Waals surface area (Å²) in [4.78, 5) is 4.88. The highest BCUT2D eigenvalue weighted by atomic mass is 35.5. The van der Waals surface area contributed by atoms with Crippen LogP contribution in [0.5, 0.6) is 0 Å². The predicted molar refractivity (Wildman–Crippen MR) is 110 cm³/mol. The van der Waals surface area contributed by atoms with Gasteiger partial charge in [-0.3, -0.25) is 9.67 Å². The lowest BCUT2D eigenvalue weighted by molar-refractivity contribution is 0.382. The summed E-state index contributed by atoms with van der Waals surface area (Å²) in [6, 6.07) is 14.2. The van der Waals surface area contributed by atoms with E-state index in [4.69, 9.17) is 21.1 Å². The van der Waals surface area contributed by atoms with Crippen molar-refractivity contribution in [1.29, 1.82) is 0 Å². The van der Waals surface area contributed by atoms with Crippen LogP contribution in [0.1, 0.15) is 22.6 Å². The molecule has 0 saturated carbocycles. The Balaban J connectivity index is 1.75. The van der Waals surface area contributed by atoms with Gasteiger partial charge in [-0.1, -0.05) is 41.0 Å². The van der Waals surface area contributed by atoms with E-state index >= 15 is 0 Å². The van der Waals surface area contributed by atoms with Crippen molar-refractivity contribution in [2.45, 2.75) is 13.5 Å². The van der Waals surface area contributed by atoms with E-state index in [0.29, 0.717) is 11.6 Å². The highest BCUT2D eigenvalue weighted by molar-refractivity contribution is 6.30. The molecule has 0 atom stereocenters. The number of aromatic nitrogens is 3. The number of hydrogen-bond donors (Lipinski definition) is 0. The molecule has 0 unspecified atom stereocenters. The van der Waals surface area contributed by atoms with Gasteiger partial charge < -0.3 is 4.52 Å². The van der Waals surface area contributed by atoms with Gasteiger partial charge in [-0.2, -0.15) is 5.10 Å². The second-order valence-corrected chi connectivity index (χ2v) is 7.34. The Kier molecular flexibility index (Phi) is 3.91. The smallest absolute Gasteiger partial charge is 0.166 e. The van der Waals surface area contributed by atoms with Crippen molar-refractivity contribution in [2.24, 2.45) is 12.0 Å². The molecule has 5 nitrogen and oxygen atoms in total. The molecule has 4 aromatic rings. The first-order chi connectivity index (χ1) is 13.6. The summed E-state index contributed by atoms with van der Waals surface area (Å²) in [5, 5.41) is 9.16. The molecule has 1 aliphatic rings. The van der Waals surface area contributed by atoms with Crippen LogP contribution in [0.2, 0.25) is 5.02 Å². The second kappa shape index (κ2) is 6.46. The third kappa shape index (κ3) is 2.75. The van der Waals surface area contributed by atoms with Crippen LogP contribution in [0.15, 0.2) is 64.4 Å². The Morgan fingerprint density at radius 1 is 1.00 bits per heavy atom. The van der Waals surface area contributed by atoms with Crippen LogP contribution in [-0.2, 0) is 13.6 Å². The van der Waals surface area contributed by atoms with Crippen LogP contribution in [0.3, 0.4) is 0 Å². The van der Waals surface area contributed by atoms with Gasteiger partial charge in [0.05, 0.1) is 23.2 Å². The molecule has 5 rings (SSSR count). The number of aliphatic imine (C=N–C) groups is 1. The van der Waals surface area contributed by atoms with E-state index in [1.165, 1.54) is 0 Å². The number of hydrogen-bond acceptors (Lipinski definition) is 4. The quantitative estimate of drug-likeness (QED) is 0.482. The van der Waals surface area contributed by atoms with Crippen LogP contribution < -0.4 is 0 Å². The molecule has 2 aromatic carbocycles. The van der Waals surface area contributed by atoms with Crippen molar-refractivity contribution in [2.75, 3.05) is 0 Å². The third-order valence-corrected chi connectivity index (χ3v) is 5.27. The average molecular weight is 389 g/mol. The molecule has 28 heavy (non-hydrogen) atoms. The van der Waals surface area contributed by atoms with Crippen molar-refractivity contribution >= 4 is 17.3 Å². The fourth-order valence-corrected chi connectivity index (χ4v) is 3.79. The lowest BCUT2D eigenvalue weighted by Gasteiger charge is -2.12. The molecule has 0 N–H and O–H groups in total. The molecule has 1 aliphatic heterocycles. The van der Waals surface area contributed by atoms with Gasteiger partial charge in [0.25, 0.3) is 0 Å². The number of nitrogens with zero attached hydrogens (tertiary/aromatic N) is 4. The minimum absolute atomic E-state index is 0.449. The van der Waals surface area contributed by atoms with E-state index in [-0.39, 0.29) is 0 Å². The van der Waals surface area contributed by atoms with E-state index in [9.17, 15) is 0 Å². The second-order valence-electron chi connectivity index (χ2n) is 6.90. The zero-order valence-corrected chi connectivity index (χ0v) is 16.2.